The lowest BCUT2D eigenvalue weighted by atomic mass is 10.1. The minimum absolute atomic E-state index is 0.224. The Balaban J connectivity index is 2.13. The first-order valence-corrected chi connectivity index (χ1v) is 6.97. The van der Waals surface area contributed by atoms with Gasteiger partial charge in [-0.3, -0.25) is 0 Å². The molecule has 1 rings (SSSR count). The fourth-order valence-electron chi connectivity index (χ4n) is 1.61. The van der Waals surface area contributed by atoms with Crippen LogP contribution in [0.5, 0.6) is 5.75 Å². The molecule has 1 aromatic rings. The Kier molecular flexibility index (Phi) is 7.13. The first-order valence-electron chi connectivity index (χ1n) is 6.34. The van der Waals surface area contributed by atoms with Crippen LogP contribution in [0.4, 0.5) is 0 Å². The van der Waals surface area contributed by atoms with Crippen molar-refractivity contribution in [3.63, 3.8) is 0 Å². The molecule has 0 radical (unpaired) electrons. The number of hydrogen-bond donors (Lipinski definition) is 2. The molecule has 0 saturated carbocycles. The van der Waals surface area contributed by atoms with Crippen molar-refractivity contribution in [3.05, 3.63) is 29.8 Å². The summed E-state index contributed by atoms with van der Waals surface area (Å²) >= 11 is 4.16. The number of rotatable bonds is 8. The number of benzene rings is 1. The molecule has 0 spiro atoms. The summed E-state index contributed by atoms with van der Waals surface area (Å²) in [4.78, 5) is 0. The highest BCUT2D eigenvalue weighted by Crippen LogP contribution is 2.13. The largest absolute Gasteiger partial charge is 0.494 e. The quantitative estimate of drug-likeness (QED) is 0.552. The van der Waals surface area contributed by atoms with Crippen molar-refractivity contribution in [2.24, 2.45) is 5.73 Å². The summed E-state index contributed by atoms with van der Waals surface area (Å²) in [6.07, 6.45) is 4.26. The van der Waals surface area contributed by atoms with Crippen LogP contribution in [0.15, 0.2) is 24.3 Å². The van der Waals surface area contributed by atoms with Crippen LogP contribution in [-0.2, 0) is 6.42 Å². The molecule has 0 aromatic heterocycles. The lowest BCUT2D eigenvalue weighted by Gasteiger charge is -2.09. The van der Waals surface area contributed by atoms with E-state index in [1.54, 1.807) is 0 Å². The smallest absolute Gasteiger partial charge is 0.119 e. The molecule has 2 nitrogen and oxygen atoms in total. The third-order valence-electron chi connectivity index (χ3n) is 2.80. The molecule has 0 unspecified atom stereocenters. The van der Waals surface area contributed by atoms with E-state index >= 15 is 0 Å². The van der Waals surface area contributed by atoms with Crippen molar-refractivity contribution in [2.75, 3.05) is 12.4 Å². The molecule has 0 aliphatic heterocycles. The second kappa shape index (κ2) is 8.43. The SMILES string of the molecule is CCc1ccc(OCCCC[C@H](N)CS)cc1. The van der Waals surface area contributed by atoms with Crippen molar-refractivity contribution < 1.29 is 4.74 Å². The minimum atomic E-state index is 0.224. The topological polar surface area (TPSA) is 35.2 Å². The zero-order valence-electron chi connectivity index (χ0n) is 10.6. The van der Waals surface area contributed by atoms with Crippen LogP contribution in [-0.4, -0.2) is 18.4 Å². The van der Waals surface area contributed by atoms with Gasteiger partial charge in [0, 0.05) is 11.8 Å². The van der Waals surface area contributed by atoms with E-state index < -0.39 is 0 Å². The van der Waals surface area contributed by atoms with Gasteiger partial charge in [0.25, 0.3) is 0 Å². The Hall–Kier alpha value is -0.670. The van der Waals surface area contributed by atoms with Crippen LogP contribution in [0.25, 0.3) is 0 Å². The first-order chi connectivity index (χ1) is 8.26. The Morgan fingerprint density at radius 2 is 1.94 bits per heavy atom. The molecule has 1 aromatic carbocycles. The molecule has 96 valence electrons. The van der Waals surface area contributed by atoms with Crippen molar-refractivity contribution in [2.45, 2.75) is 38.6 Å². The van der Waals surface area contributed by atoms with Gasteiger partial charge in [0.15, 0.2) is 0 Å². The van der Waals surface area contributed by atoms with Gasteiger partial charge in [-0.2, -0.15) is 12.6 Å². The van der Waals surface area contributed by atoms with Gasteiger partial charge in [0.05, 0.1) is 6.61 Å². The molecule has 2 N–H and O–H groups in total. The number of hydrogen-bond acceptors (Lipinski definition) is 3. The van der Waals surface area contributed by atoms with Crippen LogP contribution in [0.3, 0.4) is 0 Å². The molecule has 0 bridgehead atoms. The van der Waals surface area contributed by atoms with Crippen molar-refractivity contribution >= 4 is 12.6 Å². The van der Waals surface area contributed by atoms with E-state index in [0.29, 0.717) is 0 Å². The molecule has 17 heavy (non-hydrogen) atoms. The lowest BCUT2D eigenvalue weighted by Crippen LogP contribution is -2.21. The van der Waals surface area contributed by atoms with Crippen molar-refractivity contribution in [1.29, 1.82) is 0 Å². The molecule has 0 aliphatic carbocycles. The predicted molar refractivity (Wildman–Crippen MR) is 77.0 cm³/mol. The zero-order chi connectivity index (χ0) is 12.5. The van der Waals surface area contributed by atoms with Gasteiger partial charge >= 0.3 is 0 Å². The fourth-order valence-corrected chi connectivity index (χ4v) is 1.79. The summed E-state index contributed by atoms with van der Waals surface area (Å²) in [6.45, 7) is 2.92. The summed E-state index contributed by atoms with van der Waals surface area (Å²) in [6, 6.07) is 8.54. The molecule has 0 amide bonds. The van der Waals surface area contributed by atoms with Crippen LogP contribution in [0.2, 0.25) is 0 Å². The van der Waals surface area contributed by atoms with Crippen molar-refractivity contribution in [1.82, 2.24) is 0 Å². The molecule has 0 fully saturated rings. The van der Waals surface area contributed by atoms with E-state index in [-0.39, 0.29) is 6.04 Å². The number of nitrogens with two attached hydrogens (primary N) is 1. The predicted octanol–water partition coefficient (Wildman–Crippen LogP) is 3.06. The molecule has 0 saturated heterocycles. The Morgan fingerprint density at radius 3 is 2.53 bits per heavy atom. The molecular formula is C14H23NOS. The van der Waals surface area contributed by atoms with E-state index in [9.17, 15) is 0 Å². The maximum Gasteiger partial charge on any atom is 0.119 e. The summed E-state index contributed by atoms with van der Waals surface area (Å²) in [5, 5.41) is 0. The Bertz CT molecular complexity index is 300. The number of unbranched alkanes of at least 4 members (excludes halogenated alkanes) is 1. The Labute approximate surface area is 110 Å². The van der Waals surface area contributed by atoms with Crippen LogP contribution in [0, 0.1) is 0 Å². The highest BCUT2D eigenvalue weighted by Gasteiger charge is 1.99. The zero-order valence-corrected chi connectivity index (χ0v) is 11.5. The molecule has 3 heteroatoms. The monoisotopic (exact) mass is 253 g/mol. The normalized spacial score (nSPS) is 12.4. The standard InChI is InChI=1S/C14H23NOS/c1-2-12-6-8-14(9-7-12)16-10-4-3-5-13(15)11-17/h6-9,13,17H,2-5,10-11,15H2,1H3/t13-/m0/s1. The number of ether oxygens (including phenoxy) is 1. The van der Waals surface area contributed by atoms with E-state index in [1.807, 2.05) is 12.1 Å². The molecular weight excluding hydrogens is 230 g/mol. The third kappa shape index (κ3) is 5.99. The summed E-state index contributed by atoms with van der Waals surface area (Å²) in [5.74, 6) is 1.72. The summed E-state index contributed by atoms with van der Waals surface area (Å²) in [7, 11) is 0. The van der Waals surface area contributed by atoms with Crippen LogP contribution >= 0.6 is 12.6 Å². The van der Waals surface area contributed by atoms with Crippen LogP contribution in [0.1, 0.15) is 31.7 Å². The fraction of sp³-hybridized carbons (Fsp3) is 0.571. The number of thiol groups is 1. The average Bonchev–Trinajstić information content (AvgIpc) is 2.38. The summed E-state index contributed by atoms with van der Waals surface area (Å²) in [5.41, 5.74) is 7.13. The van der Waals surface area contributed by atoms with E-state index in [4.69, 9.17) is 10.5 Å². The summed E-state index contributed by atoms with van der Waals surface area (Å²) < 4.78 is 5.66. The second-order valence-electron chi connectivity index (χ2n) is 4.28. The maximum atomic E-state index is 5.78. The molecule has 0 aliphatic rings. The second-order valence-corrected chi connectivity index (χ2v) is 4.65. The van der Waals surface area contributed by atoms with Crippen LogP contribution < -0.4 is 10.5 Å². The highest BCUT2D eigenvalue weighted by atomic mass is 32.1. The van der Waals surface area contributed by atoms with Gasteiger partial charge in [-0.25, -0.2) is 0 Å². The Morgan fingerprint density at radius 1 is 1.24 bits per heavy atom. The molecule has 1 atom stereocenters. The average molecular weight is 253 g/mol. The van der Waals surface area contributed by atoms with E-state index in [2.05, 4.69) is 31.7 Å². The lowest BCUT2D eigenvalue weighted by molar-refractivity contribution is 0.304. The van der Waals surface area contributed by atoms with E-state index in [1.165, 1.54) is 5.56 Å². The van der Waals surface area contributed by atoms with Gasteiger partial charge in [-0.1, -0.05) is 19.1 Å². The van der Waals surface area contributed by atoms with Crippen molar-refractivity contribution in [3.8, 4) is 5.75 Å². The maximum absolute atomic E-state index is 5.78. The number of aryl methyl sites for hydroxylation is 1. The van der Waals surface area contributed by atoms with Gasteiger partial charge < -0.3 is 10.5 Å². The highest BCUT2D eigenvalue weighted by molar-refractivity contribution is 7.80. The third-order valence-corrected chi connectivity index (χ3v) is 3.27. The van der Waals surface area contributed by atoms with E-state index in [0.717, 1.165) is 43.8 Å². The molecule has 0 heterocycles. The van der Waals surface area contributed by atoms with Gasteiger partial charge in [0.1, 0.15) is 5.75 Å². The van der Waals surface area contributed by atoms with Gasteiger partial charge in [-0.15, -0.1) is 0 Å². The first kappa shape index (κ1) is 14.4. The minimum Gasteiger partial charge on any atom is -0.494 e. The van der Waals surface area contributed by atoms with Gasteiger partial charge in [0.2, 0.25) is 0 Å². The van der Waals surface area contributed by atoms with Gasteiger partial charge in [-0.05, 0) is 43.4 Å².